The van der Waals surface area contributed by atoms with Gasteiger partial charge in [0.1, 0.15) is 10.7 Å². The van der Waals surface area contributed by atoms with E-state index in [0.717, 1.165) is 0 Å². The Kier molecular flexibility index (Phi) is 3.98. The maximum absolute atomic E-state index is 13.7. The summed E-state index contributed by atoms with van der Waals surface area (Å²) in [5.41, 5.74) is 6.05. The van der Waals surface area contributed by atoms with Crippen LogP contribution >= 0.6 is 15.9 Å². The fraction of sp³-hybridized carbons (Fsp3) is 0. The number of nitrogens with two attached hydrogens (primary N) is 2. The van der Waals surface area contributed by atoms with Crippen molar-refractivity contribution in [3.63, 3.8) is 0 Å². The minimum Gasteiger partial charge on any atom is -0.399 e. The zero-order valence-corrected chi connectivity index (χ0v) is 12.5. The monoisotopic (exact) mass is 359 g/mol. The van der Waals surface area contributed by atoms with Gasteiger partial charge in [0, 0.05) is 10.2 Å². The lowest BCUT2D eigenvalue weighted by Gasteiger charge is -2.13. The van der Waals surface area contributed by atoms with Gasteiger partial charge in [0.2, 0.25) is 10.0 Å². The highest BCUT2D eigenvalue weighted by molar-refractivity contribution is 9.10. The summed E-state index contributed by atoms with van der Waals surface area (Å²) >= 11 is 3.19. The number of sulfonamides is 1. The molecule has 0 unspecified atom stereocenters. The number of primary sulfonamides is 1. The van der Waals surface area contributed by atoms with E-state index in [2.05, 4.69) is 21.2 Å². The first-order valence-electron chi connectivity index (χ1n) is 5.42. The number of hydrogen-bond acceptors (Lipinski definition) is 4. The van der Waals surface area contributed by atoms with E-state index in [-0.39, 0.29) is 22.0 Å². The summed E-state index contributed by atoms with van der Waals surface area (Å²) in [6.45, 7) is 0. The molecule has 0 radical (unpaired) electrons. The number of benzene rings is 2. The first-order valence-corrected chi connectivity index (χ1v) is 7.76. The van der Waals surface area contributed by atoms with Crippen LogP contribution in [0.15, 0.2) is 45.8 Å². The van der Waals surface area contributed by atoms with E-state index < -0.39 is 15.8 Å². The number of hydrogen-bond donors (Lipinski definition) is 3. The zero-order chi connectivity index (χ0) is 14.9. The number of halogens is 2. The fourth-order valence-electron chi connectivity index (χ4n) is 1.63. The highest BCUT2D eigenvalue weighted by Gasteiger charge is 2.16. The third-order valence-electron chi connectivity index (χ3n) is 2.53. The molecular weight excluding hydrogens is 349 g/mol. The molecule has 5 nitrogen and oxygen atoms in total. The van der Waals surface area contributed by atoms with Crippen molar-refractivity contribution in [2.75, 3.05) is 11.1 Å². The minimum absolute atomic E-state index is 0.113. The Morgan fingerprint density at radius 1 is 1.20 bits per heavy atom. The first kappa shape index (κ1) is 14.8. The van der Waals surface area contributed by atoms with Crippen LogP contribution in [0, 0.1) is 5.82 Å². The van der Waals surface area contributed by atoms with E-state index in [4.69, 9.17) is 10.9 Å². The van der Waals surface area contributed by atoms with E-state index in [1.807, 2.05) is 0 Å². The summed E-state index contributed by atoms with van der Waals surface area (Å²) in [6.07, 6.45) is 0. The van der Waals surface area contributed by atoms with Gasteiger partial charge in [-0.3, -0.25) is 0 Å². The van der Waals surface area contributed by atoms with Crippen molar-refractivity contribution < 1.29 is 12.8 Å². The first-order chi connectivity index (χ1) is 9.29. The Morgan fingerprint density at radius 3 is 2.50 bits per heavy atom. The van der Waals surface area contributed by atoms with Crippen LogP contribution in [0.5, 0.6) is 0 Å². The average Bonchev–Trinajstić information content (AvgIpc) is 2.34. The van der Waals surface area contributed by atoms with Gasteiger partial charge in [0.25, 0.3) is 0 Å². The van der Waals surface area contributed by atoms with Crippen molar-refractivity contribution in [2.45, 2.75) is 4.90 Å². The second kappa shape index (κ2) is 5.39. The molecule has 0 aliphatic rings. The van der Waals surface area contributed by atoms with E-state index in [1.54, 1.807) is 6.07 Å². The van der Waals surface area contributed by atoms with Gasteiger partial charge in [0.15, 0.2) is 0 Å². The molecule has 2 aromatic carbocycles. The minimum atomic E-state index is -3.98. The fourth-order valence-corrected chi connectivity index (χ4v) is 2.80. The molecule has 0 spiro atoms. The second-order valence-corrected chi connectivity index (χ2v) is 6.41. The summed E-state index contributed by atoms with van der Waals surface area (Å²) in [7, 11) is -3.98. The smallest absolute Gasteiger partial charge is 0.240 e. The predicted molar refractivity (Wildman–Crippen MR) is 79.6 cm³/mol. The highest BCUT2D eigenvalue weighted by Crippen LogP contribution is 2.32. The van der Waals surface area contributed by atoms with Crippen LogP contribution in [-0.4, -0.2) is 8.42 Å². The van der Waals surface area contributed by atoms with Gasteiger partial charge in [-0.2, -0.15) is 0 Å². The highest BCUT2D eigenvalue weighted by atomic mass is 79.9. The molecule has 8 heteroatoms. The second-order valence-electron chi connectivity index (χ2n) is 4.02. The van der Waals surface area contributed by atoms with Crippen molar-refractivity contribution in [1.82, 2.24) is 0 Å². The Labute approximate surface area is 124 Å². The van der Waals surface area contributed by atoms with E-state index in [9.17, 15) is 12.8 Å². The molecule has 0 saturated carbocycles. The predicted octanol–water partition coefficient (Wildman–Crippen LogP) is 2.56. The molecule has 106 valence electrons. The van der Waals surface area contributed by atoms with Crippen LogP contribution < -0.4 is 16.2 Å². The molecule has 0 aliphatic heterocycles. The van der Waals surface area contributed by atoms with Crippen LogP contribution in [0.1, 0.15) is 0 Å². The molecule has 0 heterocycles. The lowest BCUT2D eigenvalue weighted by atomic mass is 10.2. The Hall–Kier alpha value is -1.64. The quantitative estimate of drug-likeness (QED) is 0.733. The van der Waals surface area contributed by atoms with E-state index >= 15 is 0 Å². The average molecular weight is 360 g/mol. The van der Waals surface area contributed by atoms with Crippen molar-refractivity contribution in [2.24, 2.45) is 5.14 Å². The molecule has 20 heavy (non-hydrogen) atoms. The summed E-state index contributed by atoms with van der Waals surface area (Å²) < 4.78 is 37.3. The van der Waals surface area contributed by atoms with Gasteiger partial charge in [0.05, 0.1) is 11.4 Å². The van der Waals surface area contributed by atoms with Gasteiger partial charge in [-0.25, -0.2) is 17.9 Å². The van der Waals surface area contributed by atoms with Gasteiger partial charge in [-0.1, -0.05) is 6.07 Å². The van der Waals surface area contributed by atoms with Crippen LogP contribution in [0.2, 0.25) is 0 Å². The number of anilines is 3. The van der Waals surface area contributed by atoms with Gasteiger partial charge in [-0.15, -0.1) is 0 Å². The molecule has 0 aliphatic carbocycles. The van der Waals surface area contributed by atoms with Crippen LogP contribution in [0.25, 0.3) is 0 Å². The molecule has 0 saturated heterocycles. The third kappa shape index (κ3) is 3.09. The summed E-state index contributed by atoms with van der Waals surface area (Å²) in [5.74, 6) is -0.531. The lowest BCUT2D eigenvalue weighted by molar-refractivity contribution is 0.598. The number of rotatable bonds is 3. The summed E-state index contributed by atoms with van der Waals surface area (Å²) in [6, 6.07) is 8.53. The number of nitrogen functional groups attached to an aromatic ring is 1. The van der Waals surface area contributed by atoms with E-state index in [0.29, 0.717) is 4.47 Å². The molecular formula is C12H11BrFN3O2S. The molecule has 0 amide bonds. The molecule has 0 aromatic heterocycles. The summed E-state index contributed by atoms with van der Waals surface area (Å²) in [5, 5.41) is 7.83. The van der Waals surface area contributed by atoms with Gasteiger partial charge >= 0.3 is 0 Å². The maximum Gasteiger partial charge on any atom is 0.240 e. The SMILES string of the molecule is Nc1ccc(Nc2c(F)cccc2Br)c(S(N)(=O)=O)c1. The molecule has 2 rings (SSSR count). The maximum atomic E-state index is 13.7. The zero-order valence-electron chi connectivity index (χ0n) is 10.1. The number of nitrogens with one attached hydrogen (secondary N) is 1. The van der Waals surface area contributed by atoms with Crippen molar-refractivity contribution in [3.8, 4) is 0 Å². The van der Waals surface area contributed by atoms with Crippen LogP contribution in [-0.2, 0) is 10.0 Å². The normalized spacial score (nSPS) is 11.3. The van der Waals surface area contributed by atoms with Crippen molar-refractivity contribution in [1.29, 1.82) is 0 Å². The van der Waals surface area contributed by atoms with Crippen molar-refractivity contribution in [3.05, 3.63) is 46.7 Å². The Bertz CT molecular complexity index is 745. The lowest BCUT2D eigenvalue weighted by Crippen LogP contribution is -2.14. The Morgan fingerprint density at radius 2 is 1.90 bits per heavy atom. The third-order valence-corrected chi connectivity index (χ3v) is 4.15. The van der Waals surface area contributed by atoms with E-state index in [1.165, 1.54) is 30.3 Å². The van der Waals surface area contributed by atoms with Gasteiger partial charge in [-0.05, 0) is 46.3 Å². The largest absolute Gasteiger partial charge is 0.399 e. The molecule has 5 N–H and O–H groups in total. The topological polar surface area (TPSA) is 98.2 Å². The van der Waals surface area contributed by atoms with Crippen molar-refractivity contribution >= 4 is 43.0 Å². The Balaban J connectivity index is 2.55. The molecule has 2 aromatic rings. The van der Waals surface area contributed by atoms with Gasteiger partial charge < -0.3 is 11.1 Å². The standard InChI is InChI=1S/C12H11BrFN3O2S/c13-8-2-1-3-9(14)12(8)17-10-5-4-7(15)6-11(10)20(16,18)19/h1-6,17H,15H2,(H2,16,18,19). The van der Waals surface area contributed by atoms with Crippen LogP contribution in [0.3, 0.4) is 0 Å². The molecule has 0 bridgehead atoms. The molecule has 0 atom stereocenters. The summed E-state index contributed by atoms with van der Waals surface area (Å²) in [4.78, 5) is -0.201. The molecule has 0 fully saturated rings. The van der Waals surface area contributed by atoms with Crippen LogP contribution in [0.4, 0.5) is 21.5 Å². The number of para-hydroxylation sites is 1.